The van der Waals surface area contributed by atoms with E-state index in [0.717, 1.165) is 16.8 Å². The van der Waals surface area contributed by atoms with Crippen LogP contribution in [-0.4, -0.2) is 62.6 Å². The molecule has 5 heterocycles. The van der Waals surface area contributed by atoms with Crippen LogP contribution >= 0.6 is 19.4 Å². The van der Waals surface area contributed by atoms with E-state index in [1.165, 1.54) is 36.7 Å². The summed E-state index contributed by atoms with van der Waals surface area (Å²) in [5.41, 5.74) is 5.96. The molecule has 4 aromatic rings. The maximum Gasteiger partial charge on any atom is 0.475 e. The Kier molecular flexibility index (Phi) is 9.39. The van der Waals surface area contributed by atoms with Crippen molar-refractivity contribution in [2.75, 3.05) is 13.2 Å². The molecule has 6 atom stereocenters. The molecule has 0 aliphatic carbocycles. The van der Waals surface area contributed by atoms with Gasteiger partial charge in [0.25, 0.3) is 5.56 Å². The highest BCUT2D eigenvalue weighted by molar-refractivity contribution is 7.48. The maximum absolute atomic E-state index is 13.8. The zero-order chi connectivity index (χ0) is 33.9. The van der Waals surface area contributed by atoms with Gasteiger partial charge in [0.2, 0.25) is 5.72 Å². The standard InChI is InChI=1S/C28H25ClN7O11P/c29-17-5-1-4-16(14-17)20-9-13-42-48(41,47-20)43-15-28(34-35-30)23(45-26(39)19-7-3-11-32-19)22(44-25(38)18-6-2-10-31-18)24(46-28)36-12-8-21(37)33-27(36)40/h1-8,10-12,14,20,22-24,31-32H,9,13,15H2,(H,33,37,40)/t20-,22+,23-,24+,28+,48?/m0/s1. The number of benzene rings is 1. The maximum atomic E-state index is 13.8. The molecule has 2 fully saturated rings. The average molecular weight is 702 g/mol. The van der Waals surface area contributed by atoms with Crippen molar-refractivity contribution < 1.29 is 41.9 Å². The van der Waals surface area contributed by atoms with Gasteiger partial charge in [-0.05, 0) is 47.5 Å². The number of halogens is 1. The molecule has 0 saturated carbocycles. The number of phosphoric ester groups is 1. The van der Waals surface area contributed by atoms with Crippen LogP contribution in [0.2, 0.25) is 5.02 Å². The molecule has 3 aromatic heterocycles. The lowest BCUT2D eigenvalue weighted by Gasteiger charge is -2.33. The van der Waals surface area contributed by atoms with Crippen molar-refractivity contribution in [1.29, 1.82) is 0 Å². The van der Waals surface area contributed by atoms with E-state index >= 15 is 0 Å². The molecular formula is C28H25ClN7O11P. The second kappa shape index (κ2) is 13.7. The van der Waals surface area contributed by atoms with Gasteiger partial charge in [-0.1, -0.05) is 28.8 Å². The highest BCUT2D eigenvalue weighted by atomic mass is 35.5. The molecule has 1 aromatic carbocycles. The van der Waals surface area contributed by atoms with E-state index in [1.807, 2.05) is 0 Å². The highest BCUT2D eigenvalue weighted by Gasteiger charge is 2.62. The number of hydrogen-bond donors (Lipinski definition) is 3. The van der Waals surface area contributed by atoms with Crippen LogP contribution in [0.1, 0.15) is 45.3 Å². The van der Waals surface area contributed by atoms with Gasteiger partial charge < -0.3 is 24.2 Å². The van der Waals surface area contributed by atoms with Gasteiger partial charge in [0.1, 0.15) is 11.4 Å². The first-order valence-electron chi connectivity index (χ1n) is 14.2. The first-order chi connectivity index (χ1) is 23.1. The van der Waals surface area contributed by atoms with E-state index in [2.05, 4.69) is 25.0 Å². The van der Waals surface area contributed by atoms with Crippen LogP contribution in [0.15, 0.2) is 87.9 Å². The summed E-state index contributed by atoms with van der Waals surface area (Å²) in [5, 5.41) is 4.14. The van der Waals surface area contributed by atoms with E-state index in [4.69, 9.17) is 39.4 Å². The van der Waals surface area contributed by atoms with Gasteiger partial charge in [0.15, 0.2) is 18.4 Å². The van der Waals surface area contributed by atoms with Crippen molar-refractivity contribution in [3.8, 4) is 0 Å². The van der Waals surface area contributed by atoms with Gasteiger partial charge in [-0.2, -0.15) is 0 Å². The van der Waals surface area contributed by atoms with Gasteiger partial charge in [0.05, 0.1) is 19.3 Å². The number of carbonyl (C=O) groups excluding carboxylic acids is 2. The highest BCUT2D eigenvalue weighted by Crippen LogP contribution is 2.58. The SMILES string of the molecule is [N-]=[N+]=N[C@]1(COP2(=O)OCC[C@@H](c3cccc(Cl)c3)O2)O[C@@H](n2ccc(=O)[nH]c2=O)[C@H](OC(=O)c2ccc[nH]2)[C@@H]1OC(=O)c1ccc[nH]1. The summed E-state index contributed by atoms with van der Waals surface area (Å²) in [7, 11) is -4.45. The molecule has 250 valence electrons. The fraction of sp³-hybridized carbons (Fsp3) is 0.286. The number of aromatic nitrogens is 4. The number of esters is 2. The zero-order valence-electron chi connectivity index (χ0n) is 24.5. The number of H-pyrrole nitrogens is 3. The minimum atomic E-state index is -4.45. The average Bonchev–Trinajstić information content (AvgIpc) is 3.84. The van der Waals surface area contributed by atoms with E-state index in [0.29, 0.717) is 10.6 Å². The number of nitrogens with zero attached hydrogens (tertiary/aromatic N) is 4. The Morgan fingerprint density at radius 1 is 1.08 bits per heavy atom. The molecule has 2 aliphatic rings. The molecule has 20 heteroatoms. The van der Waals surface area contributed by atoms with Crippen LogP contribution in [0.25, 0.3) is 10.4 Å². The minimum Gasteiger partial charge on any atom is -0.450 e. The molecule has 18 nitrogen and oxygen atoms in total. The largest absolute Gasteiger partial charge is 0.475 e. The number of ether oxygens (including phenoxy) is 3. The molecular weight excluding hydrogens is 677 g/mol. The lowest BCUT2D eigenvalue weighted by Crippen LogP contribution is -2.49. The van der Waals surface area contributed by atoms with Crippen molar-refractivity contribution in [1.82, 2.24) is 19.5 Å². The minimum absolute atomic E-state index is 0.0324. The molecule has 0 radical (unpaired) electrons. The summed E-state index contributed by atoms with van der Waals surface area (Å²) >= 11 is 6.12. The third-order valence-electron chi connectivity index (χ3n) is 7.34. The Balaban J connectivity index is 1.39. The molecule has 0 spiro atoms. The van der Waals surface area contributed by atoms with Crippen LogP contribution in [0, 0.1) is 0 Å². The number of azide groups is 1. The summed E-state index contributed by atoms with van der Waals surface area (Å²) in [4.78, 5) is 61.6. The molecule has 0 bridgehead atoms. The second-order valence-electron chi connectivity index (χ2n) is 10.4. The topological polar surface area (TPSA) is 242 Å². The summed E-state index contributed by atoms with van der Waals surface area (Å²) in [5.74, 6) is -2.00. The molecule has 2 aliphatic heterocycles. The molecule has 2 saturated heterocycles. The number of carbonyl (C=O) groups is 2. The first-order valence-corrected chi connectivity index (χ1v) is 16.0. The number of rotatable bonds is 10. The number of nitrogens with one attached hydrogen (secondary N) is 3. The fourth-order valence-corrected chi connectivity index (χ4v) is 6.74. The summed E-state index contributed by atoms with van der Waals surface area (Å²) in [6, 6.07) is 13.4. The van der Waals surface area contributed by atoms with Crippen LogP contribution in [0.3, 0.4) is 0 Å². The Bertz CT molecular complexity index is 2010. The summed E-state index contributed by atoms with van der Waals surface area (Å²) in [6.45, 7) is -1.04. The third kappa shape index (κ3) is 6.86. The lowest BCUT2D eigenvalue weighted by atomic mass is 10.0. The van der Waals surface area contributed by atoms with Crippen LogP contribution in [0.5, 0.6) is 0 Å². The monoisotopic (exact) mass is 701 g/mol. The Labute approximate surface area is 274 Å². The fourth-order valence-electron chi connectivity index (χ4n) is 5.14. The van der Waals surface area contributed by atoms with Gasteiger partial charge in [-0.15, -0.1) is 0 Å². The Hall–Kier alpha value is -4.93. The van der Waals surface area contributed by atoms with Crippen molar-refractivity contribution in [3.63, 3.8) is 0 Å². The molecule has 3 N–H and O–H groups in total. The number of phosphoric acid groups is 1. The summed E-state index contributed by atoms with van der Waals surface area (Å²) < 4.78 is 48.9. The van der Waals surface area contributed by atoms with Crippen LogP contribution in [0.4, 0.5) is 0 Å². The van der Waals surface area contributed by atoms with Gasteiger partial charge in [-0.3, -0.25) is 27.9 Å². The van der Waals surface area contributed by atoms with E-state index < -0.39 is 67.9 Å². The number of aromatic amines is 3. The van der Waals surface area contributed by atoms with Gasteiger partial charge in [-0.25, -0.2) is 18.9 Å². The molecule has 1 unspecified atom stereocenters. The van der Waals surface area contributed by atoms with E-state index in [-0.39, 0.29) is 24.4 Å². The zero-order valence-corrected chi connectivity index (χ0v) is 26.1. The molecule has 6 rings (SSSR count). The Morgan fingerprint density at radius 3 is 2.46 bits per heavy atom. The smallest absolute Gasteiger partial charge is 0.450 e. The molecule has 48 heavy (non-hydrogen) atoms. The normalized spacial score (nSPS) is 26.8. The summed E-state index contributed by atoms with van der Waals surface area (Å²) in [6.07, 6.45) is -1.89. The van der Waals surface area contributed by atoms with Crippen molar-refractivity contribution in [3.05, 3.63) is 126 Å². The Morgan fingerprint density at radius 2 is 1.81 bits per heavy atom. The van der Waals surface area contributed by atoms with Crippen LogP contribution < -0.4 is 11.2 Å². The second-order valence-corrected chi connectivity index (χ2v) is 12.5. The predicted molar refractivity (Wildman–Crippen MR) is 163 cm³/mol. The van der Waals surface area contributed by atoms with E-state index in [9.17, 15) is 29.3 Å². The third-order valence-corrected chi connectivity index (χ3v) is 9.03. The van der Waals surface area contributed by atoms with E-state index in [1.54, 1.807) is 24.3 Å². The lowest BCUT2D eigenvalue weighted by molar-refractivity contribution is -0.128. The van der Waals surface area contributed by atoms with Gasteiger partial charge >= 0.3 is 25.5 Å². The number of hydrogen-bond acceptors (Lipinski definition) is 12. The van der Waals surface area contributed by atoms with Gasteiger partial charge in [0, 0.05) is 41.0 Å². The van der Waals surface area contributed by atoms with Crippen molar-refractivity contribution in [2.45, 2.75) is 36.7 Å². The van der Waals surface area contributed by atoms with Crippen LogP contribution in [-0.2, 0) is 32.3 Å². The van der Waals surface area contributed by atoms with Crippen molar-refractivity contribution in [2.24, 2.45) is 5.11 Å². The van der Waals surface area contributed by atoms with Crippen molar-refractivity contribution >= 4 is 31.4 Å². The quantitative estimate of drug-likeness (QED) is 0.0697. The predicted octanol–water partition coefficient (Wildman–Crippen LogP) is 4.14. The first kappa shape index (κ1) is 33.0. The molecule has 0 amide bonds.